The van der Waals surface area contributed by atoms with Crippen molar-refractivity contribution in [1.29, 1.82) is 0 Å². The molecule has 1 amide bonds. The number of anilines is 2. The van der Waals surface area contributed by atoms with E-state index in [1.807, 2.05) is 13.0 Å². The second kappa shape index (κ2) is 4.81. The first kappa shape index (κ1) is 12.6. The Kier molecular flexibility index (Phi) is 3.38. The van der Waals surface area contributed by atoms with Gasteiger partial charge in [-0.2, -0.15) is 0 Å². The zero-order chi connectivity index (χ0) is 13.3. The van der Waals surface area contributed by atoms with E-state index in [1.165, 1.54) is 6.39 Å². The Morgan fingerprint density at radius 2 is 2.17 bits per heavy atom. The lowest BCUT2D eigenvalue weighted by Gasteiger charge is -2.09. The maximum absolute atomic E-state index is 11.9. The topological polar surface area (TPSA) is 81.2 Å². The smallest absolute Gasteiger partial charge is 0.293 e. The number of aryl methyl sites for hydroxylation is 2. The summed E-state index contributed by atoms with van der Waals surface area (Å²) in [6.45, 7) is 3.60. The molecular formula is C12H12BrN3O2. The summed E-state index contributed by atoms with van der Waals surface area (Å²) >= 11 is 3.38. The van der Waals surface area contributed by atoms with Crippen LogP contribution in [0.5, 0.6) is 0 Å². The van der Waals surface area contributed by atoms with E-state index in [4.69, 9.17) is 10.2 Å². The number of nitrogens with one attached hydrogen (secondary N) is 1. The fourth-order valence-corrected chi connectivity index (χ4v) is 2.04. The fourth-order valence-electron chi connectivity index (χ4n) is 1.48. The maximum Gasteiger partial charge on any atom is 0.293 e. The summed E-state index contributed by atoms with van der Waals surface area (Å²) in [6, 6.07) is 3.54. The molecule has 0 radical (unpaired) electrons. The highest BCUT2D eigenvalue weighted by atomic mass is 79.9. The van der Waals surface area contributed by atoms with Crippen LogP contribution in [0.25, 0.3) is 0 Å². The van der Waals surface area contributed by atoms with Crippen molar-refractivity contribution in [3.05, 3.63) is 40.0 Å². The Bertz CT molecular complexity index is 607. The summed E-state index contributed by atoms with van der Waals surface area (Å²) in [5.41, 5.74) is 8.50. The number of aromatic nitrogens is 1. The highest BCUT2D eigenvalue weighted by Crippen LogP contribution is 2.28. The number of carbonyl (C=O) groups excluding carboxylic acids is 1. The van der Waals surface area contributed by atoms with Crippen LogP contribution < -0.4 is 11.1 Å². The summed E-state index contributed by atoms with van der Waals surface area (Å²) in [4.78, 5) is 15.8. The second-order valence-corrected chi connectivity index (χ2v) is 4.76. The van der Waals surface area contributed by atoms with Gasteiger partial charge in [-0.1, -0.05) is 0 Å². The maximum atomic E-state index is 11.9. The van der Waals surface area contributed by atoms with Crippen LogP contribution in [0.1, 0.15) is 21.8 Å². The van der Waals surface area contributed by atoms with Gasteiger partial charge in [-0.15, -0.1) is 0 Å². The number of benzene rings is 1. The van der Waals surface area contributed by atoms with Crippen molar-refractivity contribution in [2.24, 2.45) is 0 Å². The van der Waals surface area contributed by atoms with E-state index in [0.29, 0.717) is 17.1 Å². The van der Waals surface area contributed by atoms with Gasteiger partial charge in [0.05, 0.1) is 11.4 Å². The molecule has 5 nitrogen and oxygen atoms in total. The molecule has 0 bridgehead atoms. The zero-order valence-corrected chi connectivity index (χ0v) is 11.5. The number of nitrogen functional groups attached to an aromatic ring is 1. The number of nitrogens with zero attached hydrogens (tertiary/aromatic N) is 1. The van der Waals surface area contributed by atoms with E-state index in [-0.39, 0.29) is 11.7 Å². The lowest BCUT2D eigenvalue weighted by molar-refractivity contribution is 0.0996. The van der Waals surface area contributed by atoms with Gasteiger partial charge in [0.1, 0.15) is 0 Å². The van der Waals surface area contributed by atoms with Crippen LogP contribution in [0, 0.1) is 13.8 Å². The number of nitrogens with two attached hydrogens (primary N) is 1. The quantitative estimate of drug-likeness (QED) is 0.836. The van der Waals surface area contributed by atoms with Crippen LogP contribution in [0.3, 0.4) is 0 Å². The van der Waals surface area contributed by atoms with Crippen molar-refractivity contribution >= 4 is 33.2 Å². The minimum absolute atomic E-state index is 0.195. The van der Waals surface area contributed by atoms with Gasteiger partial charge in [0.15, 0.2) is 6.39 Å². The van der Waals surface area contributed by atoms with Gasteiger partial charge in [0.2, 0.25) is 5.76 Å². The SMILES string of the molecule is Cc1cc(Br)c(NC(=O)c2ocnc2C)cc1N. The normalized spacial score (nSPS) is 10.4. The average molecular weight is 310 g/mol. The number of carbonyl (C=O) groups is 1. The van der Waals surface area contributed by atoms with Gasteiger partial charge in [0.25, 0.3) is 5.91 Å². The van der Waals surface area contributed by atoms with Gasteiger partial charge in [-0.25, -0.2) is 4.98 Å². The van der Waals surface area contributed by atoms with Gasteiger partial charge < -0.3 is 15.5 Å². The Morgan fingerprint density at radius 1 is 1.44 bits per heavy atom. The molecule has 0 aliphatic carbocycles. The predicted molar refractivity (Wildman–Crippen MR) is 72.5 cm³/mol. The van der Waals surface area contributed by atoms with Crippen molar-refractivity contribution in [1.82, 2.24) is 4.98 Å². The monoisotopic (exact) mass is 309 g/mol. The predicted octanol–water partition coefficient (Wildman–Crippen LogP) is 2.89. The molecule has 3 N–H and O–H groups in total. The average Bonchev–Trinajstić information content (AvgIpc) is 2.72. The van der Waals surface area contributed by atoms with Crippen molar-refractivity contribution in [2.75, 3.05) is 11.1 Å². The lowest BCUT2D eigenvalue weighted by Crippen LogP contribution is -2.13. The third kappa shape index (κ3) is 2.38. The van der Waals surface area contributed by atoms with Gasteiger partial charge in [-0.05, 0) is 47.5 Å². The van der Waals surface area contributed by atoms with Crippen molar-refractivity contribution < 1.29 is 9.21 Å². The third-order valence-electron chi connectivity index (χ3n) is 2.56. The molecule has 18 heavy (non-hydrogen) atoms. The highest BCUT2D eigenvalue weighted by molar-refractivity contribution is 9.10. The van der Waals surface area contributed by atoms with Crippen LogP contribution in [0.15, 0.2) is 27.4 Å². The Morgan fingerprint density at radius 3 is 2.78 bits per heavy atom. The molecule has 2 aromatic rings. The number of oxazole rings is 1. The van der Waals surface area contributed by atoms with Crippen LogP contribution in [0.4, 0.5) is 11.4 Å². The first-order valence-corrected chi connectivity index (χ1v) is 6.05. The van der Waals surface area contributed by atoms with E-state index in [9.17, 15) is 4.79 Å². The molecule has 1 aromatic heterocycles. The zero-order valence-electron chi connectivity index (χ0n) is 9.95. The van der Waals surface area contributed by atoms with E-state index in [1.54, 1.807) is 13.0 Å². The number of halogens is 1. The van der Waals surface area contributed by atoms with E-state index >= 15 is 0 Å². The fraction of sp³-hybridized carbons (Fsp3) is 0.167. The molecule has 0 saturated heterocycles. The van der Waals surface area contributed by atoms with Gasteiger partial charge in [-0.3, -0.25) is 4.79 Å². The summed E-state index contributed by atoms with van der Waals surface area (Å²) in [5.74, 6) is -0.157. The first-order valence-electron chi connectivity index (χ1n) is 5.26. The van der Waals surface area contributed by atoms with Crippen molar-refractivity contribution in [3.63, 3.8) is 0 Å². The lowest BCUT2D eigenvalue weighted by atomic mass is 10.2. The van der Waals surface area contributed by atoms with Gasteiger partial charge in [0, 0.05) is 10.2 Å². The molecule has 0 aliphatic heterocycles. The summed E-state index contributed by atoms with van der Waals surface area (Å²) in [5, 5.41) is 2.72. The molecule has 0 saturated carbocycles. The summed E-state index contributed by atoms with van der Waals surface area (Å²) in [6.07, 6.45) is 1.24. The largest absolute Gasteiger partial charge is 0.438 e. The summed E-state index contributed by atoms with van der Waals surface area (Å²) < 4.78 is 5.79. The van der Waals surface area contributed by atoms with E-state index < -0.39 is 0 Å². The molecule has 1 aromatic carbocycles. The van der Waals surface area contributed by atoms with Crippen LogP contribution in [0.2, 0.25) is 0 Å². The number of hydrogen-bond donors (Lipinski definition) is 2. The minimum Gasteiger partial charge on any atom is -0.438 e. The Hall–Kier alpha value is -1.82. The van der Waals surface area contributed by atoms with Crippen LogP contribution in [-0.4, -0.2) is 10.9 Å². The highest BCUT2D eigenvalue weighted by Gasteiger charge is 2.15. The van der Waals surface area contributed by atoms with Crippen LogP contribution in [-0.2, 0) is 0 Å². The van der Waals surface area contributed by atoms with E-state index in [2.05, 4.69) is 26.2 Å². The van der Waals surface area contributed by atoms with Crippen molar-refractivity contribution in [3.8, 4) is 0 Å². The number of rotatable bonds is 2. The van der Waals surface area contributed by atoms with Crippen LogP contribution >= 0.6 is 15.9 Å². The molecule has 94 valence electrons. The number of amides is 1. The molecule has 0 aliphatic rings. The molecule has 1 heterocycles. The Balaban J connectivity index is 2.28. The van der Waals surface area contributed by atoms with Gasteiger partial charge >= 0.3 is 0 Å². The second-order valence-electron chi connectivity index (χ2n) is 3.91. The molecule has 0 fully saturated rings. The third-order valence-corrected chi connectivity index (χ3v) is 3.21. The standard InChI is InChI=1S/C12H12BrN3O2/c1-6-3-8(13)10(4-9(6)14)16-12(17)11-7(2)15-5-18-11/h3-5H,14H2,1-2H3,(H,16,17). The molecule has 0 spiro atoms. The molecular weight excluding hydrogens is 298 g/mol. The van der Waals surface area contributed by atoms with E-state index in [0.717, 1.165) is 10.0 Å². The molecule has 0 unspecified atom stereocenters. The number of hydrogen-bond acceptors (Lipinski definition) is 4. The summed E-state index contributed by atoms with van der Waals surface area (Å²) in [7, 11) is 0. The molecule has 6 heteroatoms. The minimum atomic E-state index is -0.353. The molecule has 0 atom stereocenters. The van der Waals surface area contributed by atoms with Crippen molar-refractivity contribution in [2.45, 2.75) is 13.8 Å². The molecule has 2 rings (SSSR count). The Labute approximate surface area is 113 Å². The first-order chi connectivity index (χ1) is 8.49.